The van der Waals surface area contributed by atoms with Crippen molar-refractivity contribution in [2.45, 2.75) is 26.2 Å². The summed E-state index contributed by atoms with van der Waals surface area (Å²) in [6.45, 7) is 6.54. The van der Waals surface area contributed by atoms with E-state index in [2.05, 4.69) is 127 Å². The Morgan fingerprint density at radius 1 is 0.569 bits per heavy atom. The first kappa shape index (κ1) is 35.7. The molecule has 348 valence electrons. The fourth-order valence-corrected chi connectivity index (χ4v) is 9.73. The van der Waals surface area contributed by atoms with Crippen LogP contribution in [0.15, 0.2) is 218 Å². The second kappa shape index (κ2) is 18.5. The Kier molecular flexibility index (Phi) is 9.16. The molecule has 7 heteroatoms. The summed E-state index contributed by atoms with van der Waals surface area (Å²) in [4.78, 5) is 4.98. The Bertz CT molecular complexity index is 4570. The minimum atomic E-state index is -0.576. The van der Waals surface area contributed by atoms with E-state index in [0.29, 0.717) is 28.2 Å². The van der Waals surface area contributed by atoms with E-state index in [0.717, 1.165) is 60.7 Å². The van der Waals surface area contributed by atoms with Crippen molar-refractivity contribution in [3.63, 3.8) is 0 Å². The van der Waals surface area contributed by atoms with Crippen molar-refractivity contribution in [3.8, 4) is 56.6 Å². The molecule has 0 unspecified atom stereocenters. The number of imidazole rings is 1. The number of ether oxygens (including phenoxy) is 1. The van der Waals surface area contributed by atoms with Crippen LogP contribution in [0.25, 0.3) is 99.8 Å². The summed E-state index contributed by atoms with van der Waals surface area (Å²) < 4.78 is 102. The molecule has 0 saturated heterocycles. The molecule has 4 heterocycles. The molecule has 0 spiro atoms. The molecule has 13 rings (SSSR count). The number of rotatable bonds is 8. The molecule has 4 aromatic heterocycles. The van der Waals surface area contributed by atoms with Gasteiger partial charge >= 0.3 is 21.1 Å². The van der Waals surface area contributed by atoms with Crippen LogP contribution in [0.4, 0.5) is 0 Å². The second-order valence-corrected chi connectivity index (χ2v) is 18.1. The van der Waals surface area contributed by atoms with Gasteiger partial charge in [0.25, 0.3) is 6.33 Å². The standard InChI is InChI=1S/C64H45N5O.CH3.Pt/c1-64(2,3)45-37-38-65-61(39-45)69-59-34-18-33-58(68-54-29-12-10-25-51(54)52-26-11-13-30-55(52)68)62(59)53-36-35-48(41-60(53)69)70-47-24-16-23-46(40-47)66-42-67(57-32-15-14-31-56(57)66)63-49(43-19-6-4-7-20-43)27-17-28-50(63)44-21-8-5-9-22-44;;/h4-39H,1-3H3;1H3;/q-2;-1;+4/i4D,5D,6D,7D,8D,9D,19D,20D,21D,22D;;. The molecule has 0 saturated carbocycles. The van der Waals surface area contributed by atoms with Crippen LogP contribution in [0.1, 0.15) is 40.0 Å². The first-order chi connectivity index (χ1) is 38.5. The number of aromatic nitrogens is 5. The average molecular weight is 1120 g/mol. The van der Waals surface area contributed by atoms with Crippen LogP contribution < -0.4 is 9.30 Å². The molecule has 6 nitrogen and oxygen atoms in total. The zero-order valence-electron chi connectivity index (χ0n) is 49.5. The quantitative estimate of drug-likeness (QED) is 0.112. The van der Waals surface area contributed by atoms with Crippen LogP contribution in [0.5, 0.6) is 11.5 Å². The third-order valence-corrected chi connectivity index (χ3v) is 12.9. The Labute approximate surface area is 448 Å². The van der Waals surface area contributed by atoms with Gasteiger partial charge in [0, 0.05) is 39.7 Å². The SMILES string of the molecule is [2H]c1c([2H])c([2H])c(-c2cccc(-c3c([2H])c([2H])c([2H])c([2H])c3[2H])c2-[n+]2[c-]n(-c3[c-]c(Oc4[c-]c5c(cc4)c4c(-n6c7ccccc7c7ccccc76)cccc4n5-c4cc(C(C)(C)C)ccn4)ccc3)c3ccccc32)c([2H])c1[2H].[CH3-].[Pt+4]. The van der Waals surface area contributed by atoms with Crippen LogP contribution in [-0.2, 0) is 26.5 Å². The molecule has 72 heavy (non-hydrogen) atoms. The molecule has 0 N–H and O–H groups in total. The number of benzene rings is 9. The smallest absolute Gasteiger partial charge is 0.510 e. The van der Waals surface area contributed by atoms with Crippen molar-refractivity contribution in [2.75, 3.05) is 0 Å². The minimum Gasteiger partial charge on any atom is -0.510 e. The largest absolute Gasteiger partial charge is 4.00 e. The van der Waals surface area contributed by atoms with Crippen LogP contribution in [0.2, 0.25) is 0 Å². The second-order valence-electron chi connectivity index (χ2n) is 18.1. The van der Waals surface area contributed by atoms with Gasteiger partial charge in [0.05, 0.1) is 41.5 Å². The normalized spacial score (nSPS) is 13.5. The third-order valence-electron chi connectivity index (χ3n) is 12.9. The number of hydrogen-bond donors (Lipinski definition) is 0. The van der Waals surface area contributed by atoms with E-state index in [1.165, 1.54) is 0 Å². The predicted octanol–water partition coefficient (Wildman–Crippen LogP) is 15.8. The topological polar surface area (TPSA) is 40.8 Å². The molecule has 0 atom stereocenters. The zero-order valence-corrected chi connectivity index (χ0v) is 41.7. The van der Waals surface area contributed by atoms with Crippen LogP contribution >= 0.6 is 0 Å². The third kappa shape index (κ3) is 7.71. The minimum absolute atomic E-state index is 0. The van der Waals surface area contributed by atoms with Crippen LogP contribution in [0.3, 0.4) is 0 Å². The first-order valence-corrected chi connectivity index (χ1v) is 22.9. The van der Waals surface area contributed by atoms with Crippen molar-refractivity contribution in [2.24, 2.45) is 0 Å². The van der Waals surface area contributed by atoms with E-state index in [1.807, 2.05) is 54.7 Å². The predicted molar refractivity (Wildman–Crippen MR) is 290 cm³/mol. The van der Waals surface area contributed by atoms with Gasteiger partial charge in [0.15, 0.2) is 0 Å². The van der Waals surface area contributed by atoms with E-state index in [1.54, 1.807) is 33.4 Å². The fourth-order valence-electron chi connectivity index (χ4n) is 9.73. The number of hydrogen-bond acceptors (Lipinski definition) is 2. The summed E-state index contributed by atoms with van der Waals surface area (Å²) in [5, 5.41) is 4.26. The van der Waals surface area contributed by atoms with Crippen molar-refractivity contribution in [1.29, 1.82) is 0 Å². The molecule has 0 aliphatic rings. The maximum Gasteiger partial charge on any atom is 4.00 e. The van der Waals surface area contributed by atoms with E-state index in [-0.39, 0.29) is 61.8 Å². The molecule has 0 fully saturated rings. The van der Waals surface area contributed by atoms with E-state index in [4.69, 9.17) is 23.4 Å². The van der Waals surface area contributed by atoms with Crippen LogP contribution in [-0.4, -0.2) is 18.7 Å². The molecule has 9 aromatic carbocycles. The summed E-state index contributed by atoms with van der Waals surface area (Å²) in [5.74, 6) is 1.48. The van der Waals surface area contributed by atoms with Gasteiger partial charge in [-0.3, -0.25) is 4.57 Å². The Balaban J connectivity index is 0.00000353. The number of nitrogens with zero attached hydrogens (tertiary/aromatic N) is 5. The molecular weight excluding hydrogens is 1060 g/mol. The number of fused-ring (bicyclic) bond motifs is 7. The van der Waals surface area contributed by atoms with E-state index in [9.17, 15) is 0 Å². The summed E-state index contributed by atoms with van der Waals surface area (Å²) >= 11 is 0. The summed E-state index contributed by atoms with van der Waals surface area (Å²) in [5.41, 5.74) is 7.57. The maximum atomic E-state index is 9.07. The van der Waals surface area contributed by atoms with Gasteiger partial charge in [-0.25, -0.2) is 4.98 Å². The molecule has 0 aliphatic carbocycles. The molecule has 0 bridgehead atoms. The first-order valence-electron chi connectivity index (χ1n) is 27.9. The van der Waals surface area contributed by atoms with Gasteiger partial charge in [-0.15, -0.1) is 24.3 Å². The monoisotopic (exact) mass is 1120 g/mol. The van der Waals surface area contributed by atoms with Crippen LogP contribution in [0, 0.1) is 25.9 Å². The average Bonchev–Trinajstić information content (AvgIpc) is 3.93. The summed E-state index contributed by atoms with van der Waals surface area (Å²) in [7, 11) is 0. The van der Waals surface area contributed by atoms with Gasteiger partial charge in [-0.1, -0.05) is 177 Å². The van der Waals surface area contributed by atoms with Crippen molar-refractivity contribution >= 4 is 54.6 Å². The van der Waals surface area contributed by atoms with E-state index < -0.39 is 60.4 Å². The van der Waals surface area contributed by atoms with E-state index >= 15 is 0 Å². The van der Waals surface area contributed by atoms with Crippen molar-refractivity contribution in [3.05, 3.63) is 250 Å². The van der Waals surface area contributed by atoms with Gasteiger partial charge in [-0.2, -0.15) is 18.2 Å². The van der Waals surface area contributed by atoms with Gasteiger partial charge in [0.1, 0.15) is 5.82 Å². The van der Waals surface area contributed by atoms with Crippen molar-refractivity contribution in [1.82, 2.24) is 18.7 Å². The van der Waals surface area contributed by atoms with Gasteiger partial charge in [-0.05, 0) is 80.7 Å². The summed E-state index contributed by atoms with van der Waals surface area (Å²) in [6.07, 6.45) is 5.28. The number of pyridine rings is 1. The van der Waals surface area contributed by atoms with Gasteiger partial charge in [0.2, 0.25) is 0 Å². The zero-order chi connectivity index (χ0) is 55.6. The maximum absolute atomic E-state index is 9.07. The summed E-state index contributed by atoms with van der Waals surface area (Å²) in [6, 6.07) is 50.7. The Hall–Kier alpha value is -8.31. The molecule has 0 amide bonds. The molecular formula is C65H48N5OPt+. The number of para-hydroxylation sites is 5. The molecule has 13 aromatic rings. The van der Waals surface area contributed by atoms with Gasteiger partial charge < -0.3 is 25.9 Å². The Morgan fingerprint density at radius 3 is 1.85 bits per heavy atom. The fraction of sp³-hybridized carbons (Fsp3) is 0.0615. The Morgan fingerprint density at radius 2 is 1.17 bits per heavy atom. The molecule has 0 aliphatic heterocycles. The van der Waals surface area contributed by atoms with Crippen molar-refractivity contribution < 1.29 is 44.1 Å². The molecule has 0 radical (unpaired) electrons.